The molecule has 3 aromatic carbocycles. The Labute approximate surface area is 186 Å². The largest absolute Gasteiger partial charge is 0.497 e. The van der Waals surface area contributed by atoms with Crippen LogP contribution in [0.2, 0.25) is 0 Å². The lowest BCUT2D eigenvalue weighted by Gasteiger charge is -2.30. The summed E-state index contributed by atoms with van der Waals surface area (Å²) in [7, 11) is 1.61. The van der Waals surface area contributed by atoms with Crippen molar-refractivity contribution in [2.24, 2.45) is 0 Å². The van der Waals surface area contributed by atoms with Gasteiger partial charge in [0, 0.05) is 24.2 Å². The number of ether oxygens (including phenoxy) is 1. The van der Waals surface area contributed by atoms with Gasteiger partial charge in [-0.1, -0.05) is 48.5 Å². The van der Waals surface area contributed by atoms with Crippen molar-refractivity contribution in [1.29, 1.82) is 0 Å². The summed E-state index contributed by atoms with van der Waals surface area (Å²) >= 11 is 0. The monoisotopic (exact) mass is 428 g/mol. The number of carbonyl (C=O) groups excluding carboxylic acids is 2. The first-order valence-corrected chi connectivity index (χ1v) is 10.4. The number of nitrogens with one attached hydrogen (secondary N) is 1. The molecule has 2 N–H and O–H groups in total. The molecule has 0 atom stereocenters. The number of hydrogen-bond acceptors (Lipinski definition) is 4. The van der Waals surface area contributed by atoms with Crippen LogP contribution >= 0.6 is 0 Å². The fourth-order valence-corrected chi connectivity index (χ4v) is 3.86. The van der Waals surface area contributed by atoms with Crippen LogP contribution < -0.4 is 10.2 Å². The van der Waals surface area contributed by atoms with E-state index in [1.54, 1.807) is 29.6 Å². The van der Waals surface area contributed by atoms with E-state index in [1.165, 1.54) is 0 Å². The summed E-state index contributed by atoms with van der Waals surface area (Å²) in [4.78, 5) is 27.2. The van der Waals surface area contributed by atoms with E-state index in [-0.39, 0.29) is 5.91 Å². The third-order valence-corrected chi connectivity index (χ3v) is 5.61. The molecule has 0 radical (unpaired) electrons. The average molecular weight is 428 g/mol. The highest BCUT2D eigenvalue weighted by molar-refractivity contribution is 6.24. The highest BCUT2D eigenvalue weighted by Crippen LogP contribution is 2.27. The second kappa shape index (κ2) is 9.49. The minimum absolute atomic E-state index is 0.0818. The molecule has 6 heteroatoms. The number of hydrogen-bond donors (Lipinski definition) is 2. The van der Waals surface area contributed by atoms with Crippen LogP contribution in [-0.4, -0.2) is 35.6 Å². The summed E-state index contributed by atoms with van der Waals surface area (Å²) in [5.74, 6) is 0.0719. The summed E-state index contributed by atoms with van der Waals surface area (Å²) in [5, 5.41) is 8.93. The number of hydroxylamine groups is 1. The molecule has 1 aliphatic heterocycles. The van der Waals surface area contributed by atoms with Crippen LogP contribution in [-0.2, 0) is 17.8 Å². The van der Waals surface area contributed by atoms with E-state index >= 15 is 0 Å². The second-order valence-corrected chi connectivity index (χ2v) is 7.60. The van der Waals surface area contributed by atoms with Gasteiger partial charge in [0.15, 0.2) is 0 Å². The Hall–Kier alpha value is -3.90. The molecule has 0 aliphatic carbocycles. The van der Waals surface area contributed by atoms with E-state index in [0.29, 0.717) is 30.6 Å². The first-order valence-electron chi connectivity index (χ1n) is 10.4. The third kappa shape index (κ3) is 4.55. The van der Waals surface area contributed by atoms with E-state index in [9.17, 15) is 9.59 Å². The smallest absolute Gasteiger partial charge is 0.274 e. The number of methoxy groups -OCH3 is 1. The molecule has 0 aromatic heterocycles. The predicted octanol–water partition coefficient (Wildman–Crippen LogP) is 3.94. The van der Waals surface area contributed by atoms with Gasteiger partial charge in [0.2, 0.25) is 0 Å². The van der Waals surface area contributed by atoms with Crippen molar-refractivity contribution in [3.05, 3.63) is 101 Å². The van der Waals surface area contributed by atoms with Gasteiger partial charge in [-0.3, -0.25) is 14.8 Å². The topological polar surface area (TPSA) is 78.9 Å². The van der Waals surface area contributed by atoms with Gasteiger partial charge in [-0.15, -0.1) is 0 Å². The quantitative estimate of drug-likeness (QED) is 0.279. The van der Waals surface area contributed by atoms with Crippen LogP contribution in [0.1, 0.15) is 32.6 Å². The maximum absolute atomic E-state index is 13.6. The Kier molecular flexibility index (Phi) is 6.33. The molecule has 32 heavy (non-hydrogen) atoms. The highest BCUT2D eigenvalue weighted by Gasteiger charge is 2.25. The van der Waals surface area contributed by atoms with Crippen LogP contribution in [0.15, 0.2) is 72.8 Å². The fraction of sp³-hybridized carbons (Fsp3) is 0.154. The summed E-state index contributed by atoms with van der Waals surface area (Å²) in [6, 6.07) is 22.5. The lowest BCUT2D eigenvalue weighted by Crippen LogP contribution is -2.36. The van der Waals surface area contributed by atoms with Crippen LogP contribution in [0.3, 0.4) is 0 Å². The van der Waals surface area contributed by atoms with Gasteiger partial charge in [-0.05, 0) is 59.0 Å². The molecule has 1 heterocycles. The van der Waals surface area contributed by atoms with Gasteiger partial charge in [-0.2, -0.15) is 0 Å². The summed E-state index contributed by atoms with van der Waals surface area (Å²) in [6.07, 6.45) is 2.60. The van der Waals surface area contributed by atoms with E-state index < -0.39 is 5.91 Å². The number of fused-ring (bicyclic) bond motifs is 1. The maximum Gasteiger partial charge on any atom is 0.274 e. The molecule has 6 nitrogen and oxygen atoms in total. The van der Waals surface area contributed by atoms with Crippen LogP contribution in [0.4, 0.5) is 0 Å². The van der Waals surface area contributed by atoms with E-state index in [4.69, 9.17) is 9.94 Å². The Bertz CT molecular complexity index is 1150. The third-order valence-electron chi connectivity index (χ3n) is 5.61. The Morgan fingerprint density at radius 1 is 0.969 bits per heavy atom. The van der Waals surface area contributed by atoms with Gasteiger partial charge in [0.25, 0.3) is 11.8 Å². The highest BCUT2D eigenvalue weighted by atomic mass is 16.5. The molecular formula is C26H24N2O4. The number of amides is 2. The Morgan fingerprint density at radius 3 is 2.38 bits per heavy atom. The lowest BCUT2D eigenvalue weighted by atomic mass is 9.95. The predicted molar refractivity (Wildman–Crippen MR) is 122 cm³/mol. The molecule has 0 bridgehead atoms. The molecular weight excluding hydrogens is 404 g/mol. The molecule has 1 aliphatic rings. The van der Waals surface area contributed by atoms with Crippen LogP contribution in [0.5, 0.6) is 5.75 Å². The summed E-state index contributed by atoms with van der Waals surface area (Å²) < 4.78 is 5.26. The fourth-order valence-electron chi connectivity index (χ4n) is 3.86. The zero-order valence-corrected chi connectivity index (χ0v) is 17.7. The molecule has 3 aromatic rings. The SMILES string of the molecule is COc1ccc(/C(=C\c2ccccc2)C(=O)N2CCc3ccc(C(=O)NO)cc3C2)cc1. The zero-order chi connectivity index (χ0) is 22.5. The van der Waals surface area contributed by atoms with Gasteiger partial charge in [0.05, 0.1) is 7.11 Å². The van der Waals surface area contributed by atoms with Gasteiger partial charge in [0.1, 0.15) is 5.75 Å². The Morgan fingerprint density at radius 2 is 1.69 bits per heavy atom. The van der Waals surface area contributed by atoms with Crippen molar-refractivity contribution in [3.8, 4) is 5.75 Å². The number of nitrogens with zero attached hydrogens (tertiary/aromatic N) is 1. The normalized spacial score (nSPS) is 13.3. The van der Waals surface area contributed by atoms with E-state index in [1.807, 2.05) is 66.7 Å². The van der Waals surface area contributed by atoms with Crippen molar-refractivity contribution in [2.75, 3.05) is 13.7 Å². The maximum atomic E-state index is 13.6. The molecule has 4 rings (SSSR count). The van der Waals surface area contributed by atoms with Crippen molar-refractivity contribution in [2.45, 2.75) is 13.0 Å². The number of rotatable bonds is 5. The molecule has 0 saturated heterocycles. The number of carbonyl (C=O) groups is 2. The van der Waals surface area contributed by atoms with Crippen molar-refractivity contribution in [3.63, 3.8) is 0 Å². The summed E-state index contributed by atoms with van der Waals surface area (Å²) in [5.41, 5.74) is 6.35. The first kappa shape index (κ1) is 21.3. The van der Waals surface area contributed by atoms with Gasteiger partial charge in [-0.25, -0.2) is 5.48 Å². The van der Waals surface area contributed by atoms with Crippen molar-refractivity contribution in [1.82, 2.24) is 10.4 Å². The molecule has 0 saturated carbocycles. The van der Waals surface area contributed by atoms with E-state index in [0.717, 1.165) is 28.0 Å². The molecule has 2 amide bonds. The molecule has 0 unspecified atom stereocenters. The molecule has 162 valence electrons. The first-order chi connectivity index (χ1) is 15.6. The molecule has 0 fully saturated rings. The lowest BCUT2D eigenvalue weighted by molar-refractivity contribution is -0.125. The average Bonchev–Trinajstić information content (AvgIpc) is 2.86. The summed E-state index contributed by atoms with van der Waals surface area (Å²) in [6.45, 7) is 0.975. The van der Waals surface area contributed by atoms with E-state index in [2.05, 4.69) is 0 Å². The minimum Gasteiger partial charge on any atom is -0.497 e. The van der Waals surface area contributed by atoms with Crippen LogP contribution in [0.25, 0.3) is 11.6 Å². The van der Waals surface area contributed by atoms with Crippen molar-refractivity contribution >= 4 is 23.5 Å². The second-order valence-electron chi connectivity index (χ2n) is 7.60. The minimum atomic E-state index is -0.570. The number of benzene rings is 3. The van der Waals surface area contributed by atoms with Gasteiger partial charge >= 0.3 is 0 Å². The zero-order valence-electron chi connectivity index (χ0n) is 17.7. The Balaban J connectivity index is 1.67. The standard InChI is InChI=1S/C26H24N2O4/c1-32-23-11-9-20(10-12-23)24(15-18-5-3-2-4-6-18)26(30)28-14-13-19-7-8-21(25(29)27-31)16-22(19)17-28/h2-12,15-16,31H,13-14,17H2,1H3,(H,27,29)/b24-15+. The molecule has 0 spiro atoms. The van der Waals surface area contributed by atoms with Crippen LogP contribution in [0, 0.1) is 0 Å². The van der Waals surface area contributed by atoms with Gasteiger partial charge < -0.3 is 9.64 Å². The van der Waals surface area contributed by atoms with Crippen molar-refractivity contribution < 1.29 is 19.5 Å².